The van der Waals surface area contributed by atoms with Gasteiger partial charge in [-0.2, -0.15) is 0 Å². The number of aromatic nitrogens is 1. The van der Waals surface area contributed by atoms with E-state index in [-0.39, 0.29) is 18.0 Å². The summed E-state index contributed by atoms with van der Waals surface area (Å²) in [6.07, 6.45) is 0.805. The van der Waals surface area contributed by atoms with Crippen molar-refractivity contribution >= 4 is 17.8 Å². The molecule has 0 saturated carbocycles. The van der Waals surface area contributed by atoms with Crippen LogP contribution in [0, 0.1) is 6.92 Å². The molecule has 1 aromatic carbocycles. The first-order chi connectivity index (χ1) is 12.5. The summed E-state index contributed by atoms with van der Waals surface area (Å²) in [7, 11) is 0. The highest BCUT2D eigenvalue weighted by Crippen LogP contribution is 2.25. The number of ether oxygens (including phenoxy) is 1. The number of carbonyl (C=O) groups excluding carboxylic acids is 3. The average molecular weight is 359 g/mol. The number of carbonyl (C=O) groups is 3. The normalized spacial score (nSPS) is 10.2. The summed E-state index contributed by atoms with van der Waals surface area (Å²) in [5.74, 6) is -1.28. The van der Waals surface area contributed by atoms with Crippen molar-refractivity contribution in [3.63, 3.8) is 0 Å². The van der Waals surface area contributed by atoms with Crippen LogP contribution < -0.4 is 10.6 Å². The predicted molar refractivity (Wildman–Crippen MR) is 93.3 cm³/mol. The van der Waals surface area contributed by atoms with Crippen molar-refractivity contribution in [1.29, 1.82) is 0 Å². The fourth-order valence-electron chi connectivity index (χ4n) is 2.17. The lowest BCUT2D eigenvalue weighted by Gasteiger charge is -2.07. The summed E-state index contributed by atoms with van der Waals surface area (Å²) in [5.41, 5.74) is 1.23. The molecule has 0 saturated heterocycles. The van der Waals surface area contributed by atoms with Crippen molar-refractivity contribution in [2.24, 2.45) is 0 Å². The van der Waals surface area contributed by atoms with Crippen molar-refractivity contribution < 1.29 is 23.6 Å². The zero-order valence-electron chi connectivity index (χ0n) is 14.7. The second kappa shape index (κ2) is 9.36. The van der Waals surface area contributed by atoms with Crippen molar-refractivity contribution in [3.05, 3.63) is 41.7 Å². The van der Waals surface area contributed by atoms with Gasteiger partial charge in [-0.05, 0) is 13.3 Å². The first-order valence-corrected chi connectivity index (χ1v) is 8.25. The highest BCUT2D eigenvalue weighted by Gasteiger charge is 2.23. The topological polar surface area (TPSA) is 111 Å². The molecule has 0 aliphatic rings. The van der Waals surface area contributed by atoms with Crippen LogP contribution in [0.1, 0.15) is 29.5 Å². The second-order valence-electron chi connectivity index (χ2n) is 5.53. The van der Waals surface area contributed by atoms with Gasteiger partial charge in [0.1, 0.15) is 17.0 Å². The number of nitrogens with zero attached hydrogens (tertiary/aromatic N) is 1. The van der Waals surface area contributed by atoms with E-state index in [1.54, 1.807) is 19.1 Å². The van der Waals surface area contributed by atoms with Gasteiger partial charge in [-0.3, -0.25) is 9.59 Å². The molecule has 1 heterocycles. The minimum absolute atomic E-state index is 0.169. The highest BCUT2D eigenvalue weighted by atomic mass is 16.5. The van der Waals surface area contributed by atoms with E-state index < -0.39 is 18.5 Å². The maximum atomic E-state index is 12.3. The molecule has 0 atom stereocenters. The summed E-state index contributed by atoms with van der Waals surface area (Å²) in [4.78, 5) is 35.5. The van der Waals surface area contributed by atoms with Crippen LogP contribution in [0.25, 0.3) is 11.3 Å². The van der Waals surface area contributed by atoms with Crippen molar-refractivity contribution in [2.45, 2.75) is 20.3 Å². The first kappa shape index (κ1) is 19.2. The minimum atomic E-state index is -0.715. The van der Waals surface area contributed by atoms with Gasteiger partial charge >= 0.3 is 5.97 Å². The molecular weight excluding hydrogens is 338 g/mol. The monoisotopic (exact) mass is 359 g/mol. The van der Waals surface area contributed by atoms with E-state index in [2.05, 4.69) is 15.8 Å². The summed E-state index contributed by atoms with van der Waals surface area (Å²) in [6.45, 7) is 3.39. The van der Waals surface area contributed by atoms with E-state index >= 15 is 0 Å². The summed E-state index contributed by atoms with van der Waals surface area (Å²) in [6, 6.07) is 9.04. The number of aryl methyl sites for hydroxylation is 1. The van der Waals surface area contributed by atoms with E-state index in [9.17, 15) is 14.4 Å². The Balaban J connectivity index is 1.92. The van der Waals surface area contributed by atoms with Gasteiger partial charge in [0, 0.05) is 12.1 Å². The van der Waals surface area contributed by atoms with Crippen LogP contribution in [0.15, 0.2) is 34.9 Å². The van der Waals surface area contributed by atoms with Crippen LogP contribution in [0.2, 0.25) is 0 Å². The Hall–Kier alpha value is -3.16. The van der Waals surface area contributed by atoms with Crippen LogP contribution in [-0.2, 0) is 14.3 Å². The van der Waals surface area contributed by atoms with Crippen LogP contribution in [0.5, 0.6) is 0 Å². The fraction of sp³-hybridized carbons (Fsp3) is 0.333. The van der Waals surface area contributed by atoms with Crippen LogP contribution >= 0.6 is 0 Å². The molecule has 0 radical (unpaired) electrons. The van der Waals surface area contributed by atoms with E-state index in [4.69, 9.17) is 9.26 Å². The molecule has 26 heavy (non-hydrogen) atoms. The van der Waals surface area contributed by atoms with E-state index in [1.807, 2.05) is 25.1 Å². The maximum absolute atomic E-state index is 12.3. The lowest BCUT2D eigenvalue weighted by atomic mass is 10.1. The molecule has 8 nitrogen and oxygen atoms in total. The second-order valence-corrected chi connectivity index (χ2v) is 5.53. The van der Waals surface area contributed by atoms with Gasteiger partial charge < -0.3 is 19.9 Å². The molecule has 1 aromatic heterocycles. The van der Waals surface area contributed by atoms with Crippen molar-refractivity contribution in [3.8, 4) is 11.3 Å². The number of hydrogen-bond donors (Lipinski definition) is 2. The van der Waals surface area contributed by atoms with Gasteiger partial charge in [-0.1, -0.05) is 42.4 Å². The van der Waals surface area contributed by atoms with Gasteiger partial charge in [-0.25, -0.2) is 4.79 Å². The van der Waals surface area contributed by atoms with Gasteiger partial charge in [-0.15, -0.1) is 0 Å². The zero-order valence-corrected chi connectivity index (χ0v) is 14.7. The Bertz CT molecular complexity index is 770. The number of nitrogens with one attached hydrogen (secondary N) is 2. The Labute approximate surface area is 150 Å². The minimum Gasteiger partial charge on any atom is -0.452 e. The molecule has 0 bridgehead atoms. The van der Waals surface area contributed by atoms with Crippen LogP contribution in [0.4, 0.5) is 0 Å². The van der Waals surface area contributed by atoms with Gasteiger partial charge in [0.25, 0.3) is 5.91 Å². The lowest BCUT2D eigenvalue weighted by Crippen LogP contribution is -2.38. The number of benzene rings is 1. The molecule has 2 amide bonds. The van der Waals surface area contributed by atoms with Crippen molar-refractivity contribution in [2.75, 3.05) is 19.7 Å². The SMILES string of the molecule is CCCNC(=O)CNC(=O)COC(=O)c1c(-c2ccccc2)noc1C. The van der Waals surface area contributed by atoms with Crippen LogP contribution in [-0.4, -0.2) is 42.6 Å². The maximum Gasteiger partial charge on any atom is 0.344 e. The largest absolute Gasteiger partial charge is 0.452 e. The quantitative estimate of drug-likeness (QED) is 0.690. The van der Waals surface area contributed by atoms with Crippen molar-refractivity contribution in [1.82, 2.24) is 15.8 Å². The smallest absolute Gasteiger partial charge is 0.344 e. The molecule has 0 aliphatic heterocycles. The lowest BCUT2D eigenvalue weighted by molar-refractivity contribution is -0.127. The number of amides is 2. The summed E-state index contributed by atoms with van der Waals surface area (Å²) < 4.78 is 10.1. The zero-order chi connectivity index (χ0) is 18.9. The third-order valence-electron chi connectivity index (χ3n) is 3.47. The molecule has 0 fully saturated rings. The Morgan fingerprint density at radius 2 is 1.85 bits per heavy atom. The van der Waals surface area contributed by atoms with Crippen LogP contribution in [0.3, 0.4) is 0 Å². The number of esters is 1. The Morgan fingerprint density at radius 1 is 1.12 bits per heavy atom. The average Bonchev–Trinajstić information content (AvgIpc) is 3.05. The predicted octanol–water partition coefficient (Wildman–Crippen LogP) is 1.45. The molecule has 138 valence electrons. The third-order valence-corrected chi connectivity index (χ3v) is 3.47. The number of rotatable bonds is 8. The molecule has 2 rings (SSSR count). The number of hydrogen-bond acceptors (Lipinski definition) is 6. The molecule has 8 heteroatoms. The van der Waals surface area contributed by atoms with Gasteiger partial charge in [0.2, 0.25) is 5.91 Å². The van der Waals surface area contributed by atoms with E-state index in [1.165, 1.54) is 0 Å². The molecular formula is C18H21N3O5. The first-order valence-electron chi connectivity index (χ1n) is 8.25. The molecule has 0 aliphatic carbocycles. The Kier molecular flexibility index (Phi) is 6.90. The van der Waals surface area contributed by atoms with E-state index in [0.29, 0.717) is 23.6 Å². The molecule has 2 aromatic rings. The summed E-state index contributed by atoms with van der Waals surface area (Å²) >= 11 is 0. The highest BCUT2D eigenvalue weighted by molar-refractivity contribution is 5.98. The molecule has 2 N–H and O–H groups in total. The van der Waals surface area contributed by atoms with Gasteiger partial charge in [0.05, 0.1) is 6.54 Å². The standard InChI is InChI=1S/C18H21N3O5/c1-3-9-19-14(22)10-20-15(23)11-25-18(24)16-12(2)26-21-17(16)13-7-5-4-6-8-13/h4-8H,3,9-11H2,1-2H3,(H,19,22)(H,20,23). The van der Waals surface area contributed by atoms with Gasteiger partial charge in [0.15, 0.2) is 6.61 Å². The third kappa shape index (κ3) is 5.17. The molecule has 0 unspecified atom stereocenters. The Morgan fingerprint density at radius 3 is 2.54 bits per heavy atom. The van der Waals surface area contributed by atoms with E-state index in [0.717, 1.165) is 6.42 Å². The summed E-state index contributed by atoms with van der Waals surface area (Å²) in [5, 5.41) is 8.90. The molecule has 0 spiro atoms. The fourth-order valence-corrected chi connectivity index (χ4v) is 2.17.